The molecule has 1 aliphatic rings. The van der Waals surface area contributed by atoms with Crippen LogP contribution in [0.3, 0.4) is 0 Å². The molecule has 1 saturated heterocycles. The Morgan fingerprint density at radius 1 is 1.47 bits per heavy atom. The van der Waals surface area contributed by atoms with Crippen molar-refractivity contribution in [3.05, 3.63) is 0 Å². The highest BCUT2D eigenvalue weighted by Crippen LogP contribution is 2.19. The zero-order chi connectivity index (χ0) is 14.3. The minimum atomic E-state index is -1.01. The highest BCUT2D eigenvalue weighted by atomic mass is 16.5. The first-order valence-electron chi connectivity index (χ1n) is 6.41. The van der Waals surface area contributed by atoms with Gasteiger partial charge in [-0.1, -0.05) is 0 Å². The number of carboxylic acid groups (broad SMARTS) is 1. The van der Waals surface area contributed by atoms with Crippen molar-refractivity contribution < 1.29 is 24.2 Å². The van der Waals surface area contributed by atoms with Crippen LogP contribution < -0.4 is 5.32 Å². The molecule has 0 aromatic rings. The Labute approximate surface area is 112 Å². The molecule has 0 bridgehead atoms. The smallest absolute Gasteiger partial charge is 0.329 e. The largest absolute Gasteiger partial charge is 0.480 e. The van der Waals surface area contributed by atoms with E-state index in [1.54, 1.807) is 12.0 Å². The number of hydrogen-bond donors (Lipinski definition) is 2. The number of carboxylic acids is 1. The van der Waals surface area contributed by atoms with Gasteiger partial charge in [-0.25, -0.2) is 9.59 Å². The monoisotopic (exact) mass is 274 g/mol. The Hall–Kier alpha value is -1.34. The lowest BCUT2D eigenvalue weighted by Crippen LogP contribution is -2.51. The molecule has 1 rings (SSSR count). The second-order valence-electron chi connectivity index (χ2n) is 4.60. The average Bonchev–Trinajstić information content (AvgIpc) is 2.37. The van der Waals surface area contributed by atoms with Gasteiger partial charge in [0.1, 0.15) is 6.61 Å². The van der Waals surface area contributed by atoms with Crippen LogP contribution in [0.25, 0.3) is 0 Å². The highest BCUT2D eigenvalue weighted by Gasteiger charge is 2.28. The summed E-state index contributed by atoms with van der Waals surface area (Å²) in [5.74, 6) is -1.01. The van der Waals surface area contributed by atoms with E-state index in [0.29, 0.717) is 13.1 Å². The molecule has 1 fully saturated rings. The molecule has 2 unspecified atom stereocenters. The number of nitrogens with one attached hydrogen (secondary N) is 1. The van der Waals surface area contributed by atoms with E-state index in [1.807, 2.05) is 6.92 Å². The zero-order valence-corrected chi connectivity index (χ0v) is 11.4. The molecule has 0 aliphatic carbocycles. The van der Waals surface area contributed by atoms with Crippen molar-refractivity contribution in [2.24, 2.45) is 0 Å². The van der Waals surface area contributed by atoms with Crippen LogP contribution in [-0.2, 0) is 14.3 Å². The van der Waals surface area contributed by atoms with Gasteiger partial charge in [0.25, 0.3) is 0 Å². The lowest BCUT2D eigenvalue weighted by atomic mass is 10.0. The number of nitrogens with zero attached hydrogens (tertiary/aromatic N) is 1. The fourth-order valence-corrected chi connectivity index (χ4v) is 2.14. The number of ether oxygens (including phenoxy) is 2. The van der Waals surface area contributed by atoms with E-state index in [4.69, 9.17) is 14.6 Å². The van der Waals surface area contributed by atoms with Crippen LogP contribution in [0.5, 0.6) is 0 Å². The van der Waals surface area contributed by atoms with Crippen LogP contribution in [0.4, 0.5) is 4.79 Å². The SMILES string of the molecule is COC1CCN(C(=O)NCCOCC(=O)O)C(C)C1. The predicted molar refractivity (Wildman–Crippen MR) is 68.1 cm³/mol. The summed E-state index contributed by atoms with van der Waals surface area (Å²) in [6, 6.07) is -0.000356. The number of hydrogen-bond acceptors (Lipinski definition) is 4. The lowest BCUT2D eigenvalue weighted by Gasteiger charge is -2.37. The van der Waals surface area contributed by atoms with Gasteiger partial charge in [0, 0.05) is 26.2 Å². The van der Waals surface area contributed by atoms with E-state index in [1.165, 1.54) is 0 Å². The Morgan fingerprint density at radius 3 is 2.79 bits per heavy atom. The van der Waals surface area contributed by atoms with E-state index >= 15 is 0 Å². The van der Waals surface area contributed by atoms with Crippen molar-refractivity contribution in [1.29, 1.82) is 0 Å². The van der Waals surface area contributed by atoms with E-state index in [0.717, 1.165) is 12.8 Å². The number of carbonyl (C=O) groups excluding carboxylic acids is 1. The summed E-state index contributed by atoms with van der Waals surface area (Å²) in [7, 11) is 1.69. The Bertz CT molecular complexity index is 310. The zero-order valence-electron chi connectivity index (χ0n) is 11.4. The highest BCUT2D eigenvalue weighted by molar-refractivity contribution is 5.74. The van der Waals surface area contributed by atoms with Crippen molar-refractivity contribution in [3.8, 4) is 0 Å². The maximum absolute atomic E-state index is 11.9. The van der Waals surface area contributed by atoms with Crippen LogP contribution >= 0.6 is 0 Å². The molecule has 110 valence electrons. The van der Waals surface area contributed by atoms with Gasteiger partial charge in [-0.3, -0.25) is 0 Å². The molecule has 1 heterocycles. The van der Waals surface area contributed by atoms with Gasteiger partial charge in [0.15, 0.2) is 0 Å². The van der Waals surface area contributed by atoms with E-state index in [2.05, 4.69) is 5.32 Å². The number of aliphatic carboxylic acids is 1. The average molecular weight is 274 g/mol. The van der Waals surface area contributed by atoms with Crippen molar-refractivity contribution in [3.63, 3.8) is 0 Å². The number of likely N-dealkylation sites (tertiary alicyclic amines) is 1. The van der Waals surface area contributed by atoms with Crippen molar-refractivity contribution >= 4 is 12.0 Å². The standard InChI is InChI=1S/C12H22N2O5/c1-9-7-10(18-2)3-5-14(9)12(17)13-4-6-19-8-11(15)16/h9-10H,3-8H2,1-2H3,(H,13,17)(H,15,16). The van der Waals surface area contributed by atoms with Gasteiger partial charge in [-0.15, -0.1) is 0 Å². The third kappa shape index (κ3) is 5.44. The molecule has 0 saturated carbocycles. The molecule has 0 aromatic heterocycles. The van der Waals surface area contributed by atoms with E-state index in [9.17, 15) is 9.59 Å². The summed E-state index contributed by atoms with van der Waals surface area (Å²) in [6.45, 7) is 2.82. The normalized spacial score (nSPS) is 23.2. The fourth-order valence-electron chi connectivity index (χ4n) is 2.14. The topological polar surface area (TPSA) is 88.1 Å². The minimum Gasteiger partial charge on any atom is -0.480 e. The number of carbonyl (C=O) groups is 2. The number of piperidine rings is 1. The molecule has 19 heavy (non-hydrogen) atoms. The maximum atomic E-state index is 11.9. The molecule has 2 N–H and O–H groups in total. The van der Waals surface area contributed by atoms with Gasteiger partial charge in [-0.05, 0) is 19.8 Å². The van der Waals surface area contributed by atoms with Crippen LogP contribution in [0.1, 0.15) is 19.8 Å². The second-order valence-corrected chi connectivity index (χ2v) is 4.60. The summed E-state index contributed by atoms with van der Waals surface area (Å²) in [6.07, 6.45) is 1.89. The van der Waals surface area contributed by atoms with Gasteiger partial charge >= 0.3 is 12.0 Å². The fraction of sp³-hybridized carbons (Fsp3) is 0.833. The number of urea groups is 1. The summed E-state index contributed by atoms with van der Waals surface area (Å²) >= 11 is 0. The molecule has 2 amide bonds. The summed E-state index contributed by atoms with van der Waals surface area (Å²) < 4.78 is 10.1. The number of rotatable bonds is 6. The van der Waals surface area contributed by atoms with Gasteiger partial charge in [-0.2, -0.15) is 0 Å². The first-order chi connectivity index (χ1) is 9.04. The molecule has 0 radical (unpaired) electrons. The van der Waals surface area contributed by atoms with Gasteiger partial charge in [0.05, 0.1) is 12.7 Å². The second kappa shape index (κ2) is 7.96. The Morgan fingerprint density at radius 2 is 2.21 bits per heavy atom. The number of amides is 2. The third-order valence-electron chi connectivity index (χ3n) is 3.17. The first kappa shape index (κ1) is 15.7. The molecule has 0 spiro atoms. The number of methoxy groups -OCH3 is 1. The van der Waals surface area contributed by atoms with Crippen LogP contribution in [0.2, 0.25) is 0 Å². The van der Waals surface area contributed by atoms with Crippen LogP contribution in [-0.4, -0.2) is 67.6 Å². The predicted octanol–water partition coefficient (Wildman–Crippen LogP) is 0.297. The quantitative estimate of drug-likeness (QED) is 0.680. The lowest BCUT2D eigenvalue weighted by molar-refractivity contribution is -0.142. The van der Waals surface area contributed by atoms with E-state index < -0.39 is 5.97 Å². The van der Waals surface area contributed by atoms with Crippen molar-refractivity contribution in [2.75, 3.05) is 33.4 Å². The van der Waals surface area contributed by atoms with Gasteiger partial charge in [0.2, 0.25) is 0 Å². The molecule has 7 heteroatoms. The van der Waals surface area contributed by atoms with Crippen molar-refractivity contribution in [1.82, 2.24) is 10.2 Å². The van der Waals surface area contributed by atoms with Gasteiger partial charge < -0.3 is 24.8 Å². The first-order valence-corrected chi connectivity index (χ1v) is 6.41. The summed E-state index contributed by atoms with van der Waals surface area (Å²) in [4.78, 5) is 23.9. The van der Waals surface area contributed by atoms with Crippen molar-refractivity contribution in [2.45, 2.75) is 31.9 Å². The Kier molecular flexibility index (Phi) is 6.58. The van der Waals surface area contributed by atoms with Crippen LogP contribution in [0.15, 0.2) is 0 Å². The molecule has 0 aromatic carbocycles. The van der Waals surface area contributed by atoms with Crippen LogP contribution in [0, 0.1) is 0 Å². The molecular formula is C12H22N2O5. The minimum absolute atomic E-state index is 0.138. The Balaban J connectivity index is 2.20. The summed E-state index contributed by atoms with van der Waals surface area (Å²) in [5.41, 5.74) is 0. The van der Waals surface area contributed by atoms with E-state index in [-0.39, 0.29) is 31.4 Å². The molecule has 2 atom stereocenters. The maximum Gasteiger partial charge on any atom is 0.329 e. The molecule has 1 aliphatic heterocycles. The molecular weight excluding hydrogens is 252 g/mol. The third-order valence-corrected chi connectivity index (χ3v) is 3.17. The molecule has 7 nitrogen and oxygen atoms in total. The summed E-state index contributed by atoms with van der Waals surface area (Å²) in [5, 5.41) is 11.1.